The summed E-state index contributed by atoms with van der Waals surface area (Å²) in [5.74, 6) is -0.380. The summed E-state index contributed by atoms with van der Waals surface area (Å²) in [6.07, 6.45) is 0. The van der Waals surface area contributed by atoms with Crippen molar-refractivity contribution in [3.63, 3.8) is 0 Å². The van der Waals surface area contributed by atoms with Gasteiger partial charge in [0.1, 0.15) is 22.1 Å². The lowest BCUT2D eigenvalue weighted by Crippen LogP contribution is -2.68. The predicted octanol–water partition coefficient (Wildman–Crippen LogP) is 1.51. The molecule has 1 amide bonds. The fourth-order valence-electron chi connectivity index (χ4n) is 2.58. The minimum atomic E-state index is -1.08. The Morgan fingerprint density at radius 2 is 2.21 bits per heavy atom. The molecule has 3 N–H and O–H groups in total. The van der Waals surface area contributed by atoms with E-state index >= 15 is 0 Å². The number of thioether (sulfide) groups is 2. The molecule has 0 aromatic carbocycles. The number of nitrogens with zero attached hydrogens (tertiary/aromatic N) is 3. The van der Waals surface area contributed by atoms with Gasteiger partial charge in [-0.05, 0) is 17.1 Å². The van der Waals surface area contributed by atoms with Crippen LogP contribution in [0.4, 0.5) is 0 Å². The average molecular weight is 387 g/mol. The van der Waals surface area contributed by atoms with Crippen molar-refractivity contribution in [2.24, 2.45) is 5.73 Å². The van der Waals surface area contributed by atoms with Gasteiger partial charge in [-0.2, -0.15) is 0 Å². The van der Waals surface area contributed by atoms with Crippen LogP contribution in [0.15, 0.2) is 16.3 Å². The Kier molecular flexibility index (Phi) is 4.67. The molecule has 2 unspecified atom stereocenters. The van der Waals surface area contributed by atoms with Crippen LogP contribution >= 0.6 is 35.1 Å². The summed E-state index contributed by atoms with van der Waals surface area (Å²) < 4.78 is 4.02. The summed E-state index contributed by atoms with van der Waals surface area (Å²) in [6, 6.07) is -0.603. The lowest BCUT2D eigenvalue weighted by atomic mass is 9.95. The summed E-state index contributed by atoms with van der Waals surface area (Å²) in [5, 5.41) is 14.3. The topological polar surface area (TPSA) is 109 Å². The number of β-lactam (4-membered cyclic amide) rings is 1. The normalized spacial score (nSPS) is 24.0. The zero-order valence-corrected chi connectivity index (χ0v) is 15.9. The SMILES string of the molecule is CC(C)(C)c1snnc1SCC1=C(C(=O)O)N2C(=O)C(N)C2SC1. The van der Waals surface area contributed by atoms with Crippen molar-refractivity contribution in [3.05, 3.63) is 16.1 Å². The zero-order chi connectivity index (χ0) is 17.6. The molecule has 0 bridgehead atoms. The Morgan fingerprint density at radius 1 is 1.50 bits per heavy atom. The van der Waals surface area contributed by atoms with E-state index in [1.807, 2.05) is 0 Å². The highest BCUT2D eigenvalue weighted by Gasteiger charge is 2.51. The molecule has 7 nitrogen and oxygen atoms in total. The molecule has 0 radical (unpaired) electrons. The number of carbonyl (C=O) groups excluding carboxylic acids is 1. The van der Waals surface area contributed by atoms with E-state index in [0.717, 1.165) is 15.5 Å². The van der Waals surface area contributed by atoms with Gasteiger partial charge >= 0.3 is 5.97 Å². The number of carboxylic acid groups (broad SMARTS) is 1. The molecular formula is C14H18N4O3S3. The highest BCUT2D eigenvalue weighted by atomic mass is 32.2. The number of carbonyl (C=O) groups is 2. The second-order valence-electron chi connectivity index (χ2n) is 6.64. The summed E-state index contributed by atoms with van der Waals surface area (Å²) in [6.45, 7) is 6.28. The molecule has 0 saturated carbocycles. The highest BCUT2D eigenvalue weighted by molar-refractivity contribution is 8.01. The van der Waals surface area contributed by atoms with Crippen LogP contribution in [0.1, 0.15) is 25.6 Å². The number of nitrogens with two attached hydrogens (primary N) is 1. The summed E-state index contributed by atoms with van der Waals surface area (Å²) in [4.78, 5) is 26.0. The Bertz CT molecular complexity index is 725. The van der Waals surface area contributed by atoms with Crippen molar-refractivity contribution in [1.29, 1.82) is 0 Å². The number of carboxylic acids is 1. The van der Waals surface area contributed by atoms with E-state index in [1.165, 1.54) is 40.0 Å². The molecule has 24 heavy (non-hydrogen) atoms. The third-order valence-electron chi connectivity index (χ3n) is 3.81. The van der Waals surface area contributed by atoms with Gasteiger partial charge in [0.2, 0.25) is 5.91 Å². The van der Waals surface area contributed by atoms with Crippen molar-refractivity contribution < 1.29 is 14.7 Å². The maximum absolute atomic E-state index is 11.9. The molecule has 0 spiro atoms. The Labute approximate surface area is 152 Å². The van der Waals surface area contributed by atoms with Crippen molar-refractivity contribution in [2.45, 2.75) is 42.6 Å². The fraction of sp³-hybridized carbons (Fsp3) is 0.571. The summed E-state index contributed by atoms with van der Waals surface area (Å²) >= 11 is 4.35. The standard InChI is InChI=1S/C14H18N4O3S3/c1-14(2,3)9-10(16-17-24-9)22-4-6-5-23-12-7(15)11(19)18(12)8(6)13(20)21/h7,12H,4-5,15H2,1-3H3,(H,20,21). The van der Waals surface area contributed by atoms with Crippen molar-refractivity contribution >= 4 is 46.9 Å². The van der Waals surface area contributed by atoms with Crippen LogP contribution in [0.25, 0.3) is 0 Å². The summed E-state index contributed by atoms with van der Waals surface area (Å²) in [5.41, 5.74) is 6.50. The number of hydrogen-bond donors (Lipinski definition) is 2. The van der Waals surface area contributed by atoms with Gasteiger partial charge in [0.15, 0.2) is 0 Å². The van der Waals surface area contributed by atoms with Crippen molar-refractivity contribution in [3.8, 4) is 0 Å². The molecule has 2 aliphatic heterocycles. The molecule has 3 heterocycles. The van der Waals surface area contributed by atoms with E-state index in [1.54, 1.807) is 0 Å². The van der Waals surface area contributed by atoms with Gasteiger partial charge < -0.3 is 10.8 Å². The van der Waals surface area contributed by atoms with Crippen LogP contribution in [0.5, 0.6) is 0 Å². The van der Waals surface area contributed by atoms with Crippen LogP contribution < -0.4 is 5.73 Å². The quantitative estimate of drug-likeness (QED) is 0.592. The predicted molar refractivity (Wildman–Crippen MR) is 95.1 cm³/mol. The van der Waals surface area contributed by atoms with Gasteiger partial charge in [0.05, 0.1) is 4.88 Å². The molecule has 2 atom stereocenters. The Hall–Kier alpha value is -1.10. The minimum absolute atomic E-state index is 0.0624. The van der Waals surface area contributed by atoms with Crippen molar-refractivity contribution in [1.82, 2.24) is 14.5 Å². The van der Waals surface area contributed by atoms with Gasteiger partial charge in [-0.1, -0.05) is 37.0 Å². The first-order chi connectivity index (χ1) is 11.2. The average Bonchev–Trinajstić information content (AvgIpc) is 2.99. The number of aliphatic carboxylic acids is 1. The molecule has 3 rings (SSSR count). The molecule has 130 valence electrons. The lowest BCUT2D eigenvalue weighted by Gasteiger charge is -2.48. The molecule has 1 aromatic rings. The molecule has 1 fully saturated rings. The number of amides is 1. The molecule has 0 aliphatic carbocycles. The molecule has 1 saturated heterocycles. The maximum atomic E-state index is 11.9. The van der Waals surface area contributed by atoms with E-state index in [2.05, 4.69) is 30.4 Å². The summed E-state index contributed by atoms with van der Waals surface area (Å²) in [7, 11) is 0. The zero-order valence-electron chi connectivity index (χ0n) is 13.5. The van der Waals surface area contributed by atoms with Gasteiger partial charge in [0, 0.05) is 16.9 Å². The fourth-order valence-corrected chi connectivity index (χ4v) is 6.03. The van der Waals surface area contributed by atoms with Crippen LogP contribution in [0.3, 0.4) is 0 Å². The molecule has 10 heteroatoms. The molecule has 1 aromatic heterocycles. The van der Waals surface area contributed by atoms with Crippen LogP contribution in [0.2, 0.25) is 0 Å². The Balaban J connectivity index is 1.83. The molecular weight excluding hydrogens is 368 g/mol. The lowest BCUT2D eigenvalue weighted by molar-refractivity contribution is -0.147. The largest absolute Gasteiger partial charge is 0.477 e. The Morgan fingerprint density at radius 3 is 2.83 bits per heavy atom. The van der Waals surface area contributed by atoms with Crippen LogP contribution in [0, 0.1) is 0 Å². The van der Waals surface area contributed by atoms with Gasteiger partial charge in [-0.15, -0.1) is 16.9 Å². The second kappa shape index (κ2) is 6.32. The van der Waals surface area contributed by atoms with E-state index in [0.29, 0.717) is 11.5 Å². The second-order valence-corrected chi connectivity index (χ2v) is 9.46. The van der Waals surface area contributed by atoms with Gasteiger partial charge in [-0.25, -0.2) is 4.79 Å². The van der Waals surface area contributed by atoms with Crippen molar-refractivity contribution in [2.75, 3.05) is 11.5 Å². The van der Waals surface area contributed by atoms with E-state index in [9.17, 15) is 14.7 Å². The van der Waals surface area contributed by atoms with E-state index in [4.69, 9.17) is 5.73 Å². The molecule has 2 aliphatic rings. The van der Waals surface area contributed by atoms with Gasteiger partial charge in [0.25, 0.3) is 0 Å². The first-order valence-corrected chi connectivity index (χ1v) is 10.1. The van der Waals surface area contributed by atoms with E-state index < -0.39 is 12.0 Å². The number of aromatic nitrogens is 2. The monoisotopic (exact) mass is 386 g/mol. The minimum Gasteiger partial charge on any atom is -0.477 e. The van der Waals surface area contributed by atoms with Crippen LogP contribution in [-0.2, 0) is 15.0 Å². The maximum Gasteiger partial charge on any atom is 0.352 e. The first-order valence-electron chi connectivity index (χ1n) is 7.33. The van der Waals surface area contributed by atoms with E-state index in [-0.39, 0.29) is 22.4 Å². The first kappa shape index (κ1) is 17.7. The van der Waals surface area contributed by atoms with Crippen LogP contribution in [-0.4, -0.2) is 54.4 Å². The number of hydrogen-bond acceptors (Lipinski definition) is 8. The van der Waals surface area contributed by atoms with Gasteiger partial charge in [-0.3, -0.25) is 9.69 Å². The smallest absolute Gasteiger partial charge is 0.352 e. The number of rotatable bonds is 4. The third kappa shape index (κ3) is 2.96. The third-order valence-corrected chi connectivity index (χ3v) is 7.51. The number of fused-ring (bicyclic) bond motifs is 1. The highest BCUT2D eigenvalue weighted by Crippen LogP contribution is 2.41.